The second kappa shape index (κ2) is 9.94. The second-order valence-electron chi connectivity index (χ2n) is 8.54. The maximum atomic E-state index is 2.27. The van der Waals surface area contributed by atoms with Crippen molar-refractivity contribution in [3.63, 3.8) is 0 Å². The van der Waals surface area contributed by atoms with Crippen LogP contribution in [0.15, 0.2) is 72.8 Å². The maximum Gasteiger partial charge on any atom is -0.00264 e. The molecule has 5 rings (SSSR count). The lowest BCUT2D eigenvalue weighted by molar-refractivity contribution is 0.585. The third-order valence-corrected chi connectivity index (χ3v) is 6.35. The molecule has 0 saturated heterocycles. The fraction of sp³-hybridized carbons (Fsp3) is 0.333. The summed E-state index contributed by atoms with van der Waals surface area (Å²) < 4.78 is 0. The molecular weight excluding hydrogens is 360 g/mol. The first-order valence-corrected chi connectivity index (χ1v) is 11.9. The van der Waals surface area contributed by atoms with E-state index in [-0.39, 0.29) is 0 Å². The Morgan fingerprint density at radius 1 is 0.400 bits per heavy atom. The van der Waals surface area contributed by atoms with Crippen LogP contribution in [0.2, 0.25) is 0 Å². The molecule has 0 atom stereocenters. The molecule has 0 fully saturated rings. The maximum absolute atomic E-state index is 2.27. The van der Waals surface area contributed by atoms with Crippen molar-refractivity contribution in [1.82, 2.24) is 0 Å². The molecule has 30 heavy (non-hydrogen) atoms. The highest BCUT2D eigenvalue weighted by molar-refractivity contribution is 6.32. The zero-order chi connectivity index (χ0) is 20.8. The van der Waals surface area contributed by atoms with Gasteiger partial charge in [0.25, 0.3) is 0 Å². The Morgan fingerprint density at radius 2 is 0.700 bits per heavy atom. The van der Waals surface area contributed by atoms with Gasteiger partial charge in [0.1, 0.15) is 0 Å². The van der Waals surface area contributed by atoms with Gasteiger partial charge in [0, 0.05) is 0 Å². The Balaban J connectivity index is 0.000000188. The summed E-state index contributed by atoms with van der Waals surface area (Å²) in [5.41, 5.74) is 0. The van der Waals surface area contributed by atoms with Crippen LogP contribution in [0, 0.1) is 0 Å². The number of fused-ring (bicyclic) bond motifs is 2. The van der Waals surface area contributed by atoms with Crippen LogP contribution in [-0.4, -0.2) is 0 Å². The van der Waals surface area contributed by atoms with Gasteiger partial charge < -0.3 is 0 Å². The summed E-state index contributed by atoms with van der Waals surface area (Å²) in [7, 11) is 0. The van der Waals surface area contributed by atoms with E-state index in [2.05, 4.69) is 86.6 Å². The molecule has 0 bridgehead atoms. The third kappa shape index (κ3) is 4.15. The molecule has 0 amide bonds. The Kier molecular flexibility index (Phi) is 6.84. The first kappa shape index (κ1) is 20.7. The molecule has 0 aliphatic carbocycles. The zero-order valence-electron chi connectivity index (χ0n) is 18.6. The van der Waals surface area contributed by atoms with Crippen LogP contribution in [0.5, 0.6) is 0 Å². The van der Waals surface area contributed by atoms with Crippen molar-refractivity contribution in [1.29, 1.82) is 0 Å². The Morgan fingerprint density at radius 3 is 1.00 bits per heavy atom. The van der Waals surface area contributed by atoms with Crippen LogP contribution in [0.1, 0.15) is 65.2 Å². The standard InChI is InChI=1S/C20H12.C10H22/c1-5-13-6-2-11-17-18-12-4-8-14-7-3-10-16(20(14)18)15(9-1)19(13)17;1-3-5-7-9-10-8-6-4-2/h1-12H;3-10H2,1-2H3. The van der Waals surface area contributed by atoms with E-state index in [0.29, 0.717) is 0 Å². The van der Waals surface area contributed by atoms with Crippen LogP contribution < -0.4 is 0 Å². The molecule has 5 aromatic rings. The Bertz CT molecular complexity index is 1040. The van der Waals surface area contributed by atoms with Gasteiger partial charge in [-0.15, -0.1) is 0 Å². The quantitative estimate of drug-likeness (QED) is 0.146. The van der Waals surface area contributed by atoms with Crippen molar-refractivity contribution in [3.8, 4) is 0 Å². The molecule has 0 aliphatic rings. The van der Waals surface area contributed by atoms with Crippen molar-refractivity contribution in [2.24, 2.45) is 0 Å². The fourth-order valence-corrected chi connectivity index (χ4v) is 4.79. The average Bonchev–Trinajstić information content (AvgIpc) is 2.80. The Hall–Kier alpha value is -2.60. The number of unbranched alkanes of at least 4 members (excludes halogenated alkanes) is 7. The van der Waals surface area contributed by atoms with Gasteiger partial charge >= 0.3 is 0 Å². The van der Waals surface area contributed by atoms with Crippen LogP contribution >= 0.6 is 0 Å². The lowest BCUT2D eigenvalue weighted by Gasteiger charge is -2.13. The molecule has 0 aliphatic heterocycles. The topological polar surface area (TPSA) is 0 Å². The highest BCUT2D eigenvalue weighted by Crippen LogP contribution is 2.39. The van der Waals surface area contributed by atoms with Gasteiger partial charge in [-0.1, -0.05) is 138 Å². The fourth-order valence-electron chi connectivity index (χ4n) is 4.79. The van der Waals surface area contributed by atoms with Crippen molar-refractivity contribution in [2.45, 2.75) is 65.2 Å². The van der Waals surface area contributed by atoms with E-state index < -0.39 is 0 Å². The number of benzene rings is 5. The zero-order valence-corrected chi connectivity index (χ0v) is 18.6. The minimum Gasteiger partial charge on any atom is -0.0654 e. The summed E-state index contributed by atoms with van der Waals surface area (Å²) in [6, 6.07) is 26.4. The molecule has 5 aromatic carbocycles. The first-order chi connectivity index (χ1) is 14.8. The summed E-state index contributed by atoms with van der Waals surface area (Å²) in [6.07, 6.45) is 11.5. The number of hydrogen-bond acceptors (Lipinski definition) is 0. The van der Waals surface area contributed by atoms with Crippen molar-refractivity contribution in [2.75, 3.05) is 0 Å². The van der Waals surface area contributed by atoms with Crippen molar-refractivity contribution in [3.05, 3.63) is 72.8 Å². The summed E-state index contributed by atoms with van der Waals surface area (Å²) in [5, 5.41) is 10.9. The van der Waals surface area contributed by atoms with Crippen molar-refractivity contribution >= 4 is 43.1 Å². The predicted molar refractivity (Wildman–Crippen MR) is 136 cm³/mol. The van der Waals surface area contributed by atoms with Gasteiger partial charge in [-0.3, -0.25) is 0 Å². The third-order valence-electron chi connectivity index (χ3n) is 6.35. The molecule has 0 radical (unpaired) electrons. The molecule has 154 valence electrons. The smallest absolute Gasteiger partial charge is 0.00264 e. The van der Waals surface area contributed by atoms with Gasteiger partial charge in [-0.2, -0.15) is 0 Å². The minimum atomic E-state index is 1.33. The molecule has 0 saturated carbocycles. The summed E-state index contributed by atoms with van der Waals surface area (Å²) in [4.78, 5) is 0. The normalized spacial score (nSPS) is 11.4. The van der Waals surface area contributed by atoms with Crippen LogP contribution in [0.3, 0.4) is 0 Å². The first-order valence-electron chi connectivity index (χ1n) is 11.9. The number of rotatable bonds is 7. The van der Waals surface area contributed by atoms with E-state index in [0.717, 1.165) is 0 Å². The molecule has 0 heteroatoms. The van der Waals surface area contributed by atoms with E-state index in [9.17, 15) is 0 Å². The van der Waals surface area contributed by atoms with Crippen LogP contribution in [0.4, 0.5) is 0 Å². The molecule has 0 unspecified atom stereocenters. The van der Waals surface area contributed by atoms with Crippen LogP contribution in [0.25, 0.3) is 43.1 Å². The largest absolute Gasteiger partial charge is 0.0654 e. The SMILES string of the molecule is CCCCCCCCCC.c1cc2cccc3c4cccc5cccc(c(c1)c23)c54. The van der Waals surface area contributed by atoms with Gasteiger partial charge in [-0.05, 0) is 43.1 Å². The van der Waals surface area contributed by atoms with Gasteiger partial charge in [0.05, 0.1) is 0 Å². The molecule has 0 nitrogen and oxygen atoms in total. The highest BCUT2D eigenvalue weighted by atomic mass is 14.1. The van der Waals surface area contributed by atoms with Crippen molar-refractivity contribution < 1.29 is 0 Å². The lowest BCUT2D eigenvalue weighted by Crippen LogP contribution is -1.85. The summed E-state index contributed by atoms with van der Waals surface area (Å²) in [6.45, 7) is 4.54. The second-order valence-corrected chi connectivity index (χ2v) is 8.54. The summed E-state index contributed by atoms with van der Waals surface area (Å²) >= 11 is 0. The lowest BCUT2D eigenvalue weighted by atomic mass is 9.90. The van der Waals surface area contributed by atoms with E-state index in [1.54, 1.807) is 0 Å². The molecular formula is C30H34. The Labute approximate surface area is 181 Å². The van der Waals surface area contributed by atoms with Crippen LogP contribution in [-0.2, 0) is 0 Å². The predicted octanol–water partition coefficient (Wildman–Crippen LogP) is 9.88. The minimum absolute atomic E-state index is 1.33. The molecule has 0 N–H and O–H groups in total. The van der Waals surface area contributed by atoms with Gasteiger partial charge in [0.15, 0.2) is 0 Å². The van der Waals surface area contributed by atoms with Gasteiger partial charge in [-0.25, -0.2) is 0 Å². The molecule has 0 spiro atoms. The average molecular weight is 395 g/mol. The number of hydrogen-bond donors (Lipinski definition) is 0. The van der Waals surface area contributed by atoms with E-state index >= 15 is 0 Å². The van der Waals surface area contributed by atoms with Gasteiger partial charge in [0.2, 0.25) is 0 Å². The van der Waals surface area contributed by atoms with E-state index in [1.165, 1.54) is 94.5 Å². The summed E-state index contributed by atoms with van der Waals surface area (Å²) in [5.74, 6) is 0. The van der Waals surface area contributed by atoms with E-state index in [1.807, 2.05) is 0 Å². The van der Waals surface area contributed by atoms with E-state index in [4.69, 9.17) is 0 Å². The highest BCUT2D eigenvalue weighted by Gasteiger charge is 2.11. The molecule has 0 heterocycles. The monoisotopic (exact) mass is 394 g/mol. The molecule has 0 aromatic heterocycles.